The van der Waals surface area contributed by atoms with Gasteiger partial charge in [0, 0.05) is 32.1 Å². The highest BCUT2D eigenvalue weighted by Gasteiger charge is 2.28. The van der Waals surface area contributed by atoms with E-state index in [1.807, 2.05) is 11.8 Å². The molecule has 1 aliphatic heterocycles. The number of hydrogen-bond acceptors (Lipinski definition) is 2. The van der Waals surface area contributed by atoms with Gasteiger partial charge in [-0.05, 0) is 38.0 Å². The van der Waals surface area contributed by atoms with Crippen LogP contribution in [0.25, 0.3) is 0 Å². The summed E-state index contributed by atoms with van der Waals surface area (Å²) < 4.78 is 12.8. The van der Waals surface area contributed by atoms with E-state index in [4.69, 9.17) is 0 Å². The summed E-state index contributed by atoms with van der Waals surface area (Å²) in [6.07, 6.45) is 3.42. The topological polar surface area (TPSA) is 32.3 Å². The maximum absolute atomic E-state index is 12.8. The number of halogens is 1. The number of amides is 1. The largest absolute Gasteiger partial charge is 0.341 e. The maximum atomic E-state index is 12.8. The summed E-state index contributed by atoms with van der Waals surface area (Å²) in [5, 5.41) is 3.42. The second-order valence-electron chi connectivity index (χ2n) is 5.63. The molecular weight excluding hydrogens is 267 g/mol. The van der Waals surface area contributed by atoms with Crippen LogP contribution < -0.4 is 5.32 Å². The van der Waals surface area contributed by atoms with Gasteiger partial charge in [-0.2, -0.15) is 0 Å². The molecule has 0 unspecified atom stereocenters. The highest BCUT2D eigenvalue weighted by atomic mass is 19.1. The Morgan fingerprint density at radius 1 is 1.43 bits per heavy atom. The molecular formula is C17H23FN2O. The van der Waals surface area contributed by atoms with E-state index in [-0.39, 0.29) is 17.8 Å². The lowest BCUT2D eigenvalue weighted by atomic mass is 10.1. The molecule has 0 aromatic heterocycles. The monoisotopic (exact) mass is 290 g/mol. The number of nitrogens with one attached hydrogen (secondary N) is 1. The maximum Gasteiger partial charge on any atom is 0.224 e. The fourth-order valence-electron chi connectivity index (χ4n) is 2.45. The third-order valence-electron chi connectivity index (χ3n) is 3.96. The molecule has 2 rings (SSSR count). The lowest BCUT2D eigenvalue weighted by Gasteiger charge is -2.17. The van der Waals surface area contributed by atoms with Gasteiger partial charge in [0.2, 0.25) is 5.91 Å². The molecule has 1 aromatic carbocycles. The first-order valence-corrected chi connectivity index (χ1v) is 7.46. The van der Waals surface area contributed by atoms with Crippen LogP contribution in [0.3, 0.4) is 0 Å². The molecule has 1 aromatic rings. The van der Waals surface area contributed by atoms with Crippen molar-refractivity contribution < 1.29 is 9.18 Å². The quantitative estimate of drug-likeness (QED) is 0.817. The molecule has 1 aliphatic rings. The summed E-state index contributed by atoms with van der Waals surface area (Å²) in [5.74, 6) is -0.0210. The van der Waals surface area contributed by atoms with Gasteiger partial charge in [0.25, 0.3) is 0 Å². The van der Waals surface area contributed by atoms with Gasteiger partial charge >= 0.3 is 0 Å². The van der Waals surface area contributed by atoms with Crippen LogP contribution in [0.15, 0.2) is 35.9 Å². The molecule has 114 valence electrons. The first kappa shape index (κ1) is 15.7. The number of carbonyl (C=O) groups is 1. The van der Waals surface area contributed by atoms with Crippen molar-refractivity contribution in [2.75, 3.05) is 19.6 Å². The fraction of sp³-hybridized carbons (Fsp3) is 0.471. The lowest BCUT2D eigenvalue weighted by Crippen LogP contribution is -2.34. The zero-order chi connectivity index (χ0) is 15.2. The van der Waals surface area contributed by atoms with Crippen LogP contribution in [0.5, 0.6) is 0 Å². The van der Waals surface area contributed by atoms with Gasteiger partial charge in [0.05, 0.1) is 0 Å². The summed E-state index contributed by atoms with van der Waals surface area (Å²) >= 11 is 0. The Kier molecular flexibility index (Phi) is 5.51. The van der Waals surface area contributed by atoms with Crippen molar-refractivity contribution >= 4 is 5.91 Å². The number of nitrogens with zero attached hydrogens (tertiary/aromatic N) is 1. The Labute approximate surface area is 125 Å². The molecule has 1 saturated heterocycles. The summed E-state index contributed by atoms with van der Waals surface area (Å²) in [7, 11) is 0. The van der Waals surface area contributed by atoms with Crippen molar-refractivity contribution in [3.8, 4) is 0 Å². The van der Waals surface area contributed by atoms with Crippen molar-refractivity contribution in [3.63, 3.8) is 0 Å². The predicted octanol–water partition coefficient (Wildman–Crippen LogP) is 2.52. The number of hydrogen-bond donors (Lipinski definition) is 1. The zero-order valence-corrected chi connectivity index (χ0v) is 12.7. The number of benzene rings is 1. The normalized spacial score (nSPS) is 19.4. The van der Waals surface area contributed by atoms with Crippen molar-refractivity contribution in [3.05, 3.63) is 47.3 Å². The molecule has 1 heterocycles. The number of allylic oxidation sites excluding steroid dienone is 1. The first-order chi connectivity index (χ1) is 10.1. The van der Waals surface area contributed by atoms with Gasteiger partial charge in [-0.25, -0.2) is 4.39 Å². The molecule has 1 amide bonds. The van der Waals surface area contributed by atoms with Crippen LogP contribution in [-0.2, 0) is 11.2 Å². The standard InChI is InChI=1S/C17H23FN2O/c1-3-13(2)11-19-16-10-17(21)20(12-16)9-8-14-4-6-15(18)7-5-14/h3-7,16,19H,8-12H2,1-2H3/b13-3+/t16-/m1/s1. The number of carbonyl (C=O) groups excluding carboxylic acids is 1. The summed E-state index contributed by atoms with van der Waals surface area (Å²) in [4.78, 5) is 13.9. The SMILES string of the molecule is C/C=C(\C)CN[C@@H]1CC(=O)N(CCc2ccc(F)cc2)C1. The second kappa shape index (κ2) is 7.36. The molecule has 1 N–H and O–H groups in total. The highest BCUT2D eigenvalue weighted by Crippen LogP contribution is 2.13. The van der Waals surface area contributed by atoms with E-state index in [1.54, 1.807) is 12.1 Å². The average molecular weight is 290 g/mol. The highest BCUT2D eigenvalue weighted by molar-refractivity contribution is 5.79. The molecule has 0 radical (unpaired) electrons. The van der Waals surface area contributed by atoms with Gasteiger partial charge in [-0.1, -0.05) is 23.8 Å². The van der Waals surface area contributed by atoms with Crippen molar-refractivity contribution in [1.29, 1.82) is 0 Å². The van der Waals surface area contributed by atoms with E-state index >= 15 is 0 Å². The molecule has 0 aliphatic carbocycles. The van der Waals surface area contributed by atoms with Crippen LogP contribution in [0, 0.1) is 5.82 Å². The van der Waals surface area contributed by atoms with Crippen molar-refractivity contribution in [2.45, 2.75) is 32.7 Å². The fourth-order valence-corrected chi connectivity index (χ4v) is 2.45. The minimum atomic E-state index is -0.223. The molecule has 21 heavy (non-hydrogen) atoms. The zero-order valence-electron chi connectivity index (χ0n) is 12.7. The van der Waals surface area contributed by atoms with Gasteiger partial charge < -0.3 is 10.2 Å². The first-order valence-electron chi connectivity index (χ1n) is 7.46. The average Bonchev–Trinajstić information content (AvgIpc) is 2.84. The van der Waals surface area contributed by atoms with Crippen molar-refractivity contribution in [2.24, 2.45) is 0 Å². The Hall–Kier alpha value is -1.68. The van der Waals surface area contributed by atoms with Crippen LogP contribution in [0.4, 0.5) is 4.39 Å². The minimum absolute atomic E-state index is 0.202. The van der Waals surface area contributed by atoms with Crippen LogP contribution in [0.1, 0.15) is 25.8 Å². The minimum Gasteiger partial charge on any atom is -0.341 e. The molecule has 4 heteroatoms. The van der Waals surface area contributed by atoms with E-state index in [2.05, 4.69) is 18.3 Å². The Morgan fingerprint density at radius 3 is 2.81 bits per heavy atom. The smallest absolute Gasteiger partial charge is 0.224 e. The van der Waals surface area contributed by atoms with Crippen LogP contribution in [-0.4, -0.2) is 36.5 Å². The van der Waals surface area contributed by atoms with Crippen LogP contribution in [0.2, 0.25) is 0 Å². The van der Waals surface area contributed by atoms with E-state index in [1.165, 1.54) is 17.7 Å². The third kappa shape index (κ3) is 4.67. The van der Waals surface area contributed by atoms with E-state index in [9.17, 15) is 9.18 Å². The van der Waals surface area contributed by atoms with Crippen LogP contribution >= 0.6 is 0 Å². The second-order valence-corrected chi connectivity index (χ2v) is 5.63. The number of likely N-dealkylation sites (tertiary alicyclic amines) is 1. The number of rotatable bonds is 6. The Bertz CT molecular complexity index is 510. The molecule has 1 atom stereocenters. The third-order valence-corrected chi connectivity index (χ3v) is 3.96. The molecule has 1 fully saturated rings. The van der Waals surface area contributed by atoms with Gasteiger partial charge in [-0.3, -0.25) is 4.79 Å². The van der Waals surface area contributed by atoms with Crippen molar-refractivity contribution in [1.82, 2.24) is 10.2 Å². The Morgan fingerprint density at radius 2 is 2.14 bits per heavy atom. The summed E-state index contributed by atoms with van der Waals surface area (Å²) in [6, 6.07) is 6.72. The van der Waals surface area contributed by atoms with Gasteiger partial charge in [0.1, 0.15) is 5.82 Å². The van der Waals surface area contributed by atoms with Gasteiger partial charge in [-0.15, -0.1) is 0 Å². The molecule has 0 saturated carbocycles. The van der Waals surface area contributed by atoms with E-state index < -0.39 is 0 Å². The van der Waals surface area contributed by atoms with E-state index in [0.29, 0.717) is 13.0 Å². The van der Waals surface area contributed by atoms with Gasteiger partial charge in [0.15, 0.2) is 0 Å². The molecule has 0 spiro atoms. The lowest BCUT2D eigenvalue weighted by molar-refractivity contribution is -0.127. The summed E-state index contributed by atoms with van der Waals surface area (Å²) in [5.41, 5.74) is 2.34. The molecule has 3 nitrogen and oxygen atoms in total. The Balaban J connectivity index is 1.79. The van der Waals surface area contributed by atoms with E-state index in [0.717, 1.165) is 25.1 Å². The molecule has 0 bridgehead atoms. The predicted molar refractivity (Wildman–Crippen MR) is 82.5 cm³/mol. The summed E-state index contributed by atoms with van der Waals surface area (Å²) in [6.45, 7) is 6.39.